The Morgan fingerprint density at radius 2 is 0.703 bits per heavy atom. The van der Waals surface area contributed by atoms with Crippen molar-refractivity contribution in [1.82, 2.24) is 10.3 Å². The van der Waals surface area contributed by atoms with Crippen LogP contribution in [-0.4, -0.2) is 27.1 Å². The molecule has 360 valence electrons. The van der Waals surface area contributed by atoms with Crippen LogP contribution in [0.5, 0.6) is 0 Å². The predicted molar refractivity (Wildman–Crippen MR) is 238 cm³/mol. The van der Waals surface area contributed by atoms with Crippen molar-refractivity contribution < 1.29 is 52.2 Å². The van der Waals surface area contributed by atoms with E-state index in [1.54, 1.807) is 12.1 Å². The van der Waals surface area contributed by atoms with Crippen LogP contribution in [0.1, 0.15) is 178 Å². The van der Waals surface area contributed by atoms with Crippen LogP contribution < -0.4 is 9.44 Å². The molecule has 0 saturated heterocycles. The van der Waals surface area contributed by atoms with Gasteiger partial charge in [0.05, 0.1) is 20.9 Å². The highest BCUT2D eigenvalue weighted by Gasteiger charge is 2.41. The normalized spacial score (nSPS) is 12.2. The highest BCUT2D eigenvalue weighted by molar-refractivity contribution is 7.93. The van der Waals surface area contributed by atoms with Crippen LogP contribution >= 0.6 is 0 Å². The first-order valence-electron chi connectivity index (χ1n) is 22.8. The molecule has 10 nitrogen and oxygen atoms in total. The van der Waals surface area contributed by atoms with E-state index in [1.807, 2.05) is 0 Å². The maximum absolute atomic E-state index is 13.3. The molecule has 4 rings (SSSR count). The van der Waals surface area contributed by atoms with Gasteiger partial charge in [0.15, 0.2) is 11.4 Å². The van der Waals surface area contributed by atoms with Gasteiger partial charge in [-0.05, 0) is 49.9 Å². The number of hydrogen-bond acceptors (Lipinski definition) is 8. The predicted octanol–water partition coefficient (Wildman–Crippen LogP) is 14.7. The first kappa shape index (κ1) is 54.3. The summed E-state index contributed by atoms with van der Waals surface area (Å²) in [6.07, 6.45) is 14.4. The molecule has 0 spiro atoms. The Labute approximate surface area is 375 Å². The van der Waals surface area contributed by atoms with Crippen LogP contribution in [0.3, 0.4) is 0 Å². The van der Waals surface area contributed by atoms with Gasteiger partial charge >= 0.3 is 12.4 Å². The number of nitrogens with zero attached hydrogens (tertiary/aromatic N) is 2. The third kappa shape index (κ3) is 19.6. The number of rotatable bonds is 30. The zero-order chi connectivity index (χ0) is 46.9. The molecule has 2 aromatic heterocycles. The Balaban J connectivity index is 0.000000340. The highest BCUT2D eigenvalue weighted by atomic mass is 32.2. The molecule has 2 N–H and O–H groups in total. The van der Waals surface area contributed by atoms with Gasteiger partial charge < -0.3 is 9.05 Å². The number of hydrogen-bond donors (Lipinski definition) is 2. The maximum atomic E-state index is 13.3. The van der Waals surface area contributed by atoms with Crippen molar-refractivity contribution in [3.05, 3.63) is 83.2 Å². The van der Waals surface area contributed by atoms with Crippen LogP contribution in [0.2, 0.25) is 0 Å². The second kappa shape index (κ2) is 28.1. The average Bonchev–Trinajstić information content (AvgIpc) is 3.86. The molecule has 0 unspecified atom stereocenters. The highest BCUT2D eigenvalue weighted by Crippen LogP contribution is 2.38. The van der Waals surface area contributed by atoms with Crippen LogP contribution in [0.15, 0.2) is 79.5 Å². The molecule has 0 amide bonds. The first-order chi connectivity index (χ1) is 30.5. The van der Waals surface area contributed by atoms with Gasteiger partial charge in [-0.3, -0.25) is 0 Å². The number of nitrogens with one attached hydrogen (secondary N) is 2. The topological polar surface area (TPSA) is 144 Å². The monoisotopic (exact) mass is 948 g/mol. The van der Waals surface area contributed by atoms with E-state index in [9.17, 15) is 43.2 Å². The van der Waals surface area contributed by atoms with Gasteiger partial charge in [0.2, 0.25) is 11.8 Å². The molecular weight excluding hydrogens is 883 g/mol. The molecule has 0 atom stereocenters. The number of alkyl halides is 6. The second-order valence-corrected chi connectivity index (χ2v) is 19.4. The molecule has 4 aromatic rings. The van der Waals surface area contributed by atoms with E-state index in [4.69, 9.17) is 9.05 Å². The lowest BCUT2D eigenvalue weighted by Gasteiger charge is -2.09. The number of aromatic nitrogens is 2. The fourth-order valence-electron chi connectivity index (χ4n) is 7.18. The van der Waals surface area contributed by atoms with Crippen molar-refractivity contribution in [3.63, 3.8) is 0 Å². The van der Waals surface area contributed by atoms with Gasteiger partial charge in [-0.15, -0.1) is 0 Å². The molecule has 0 aliphatic carbocycles. The second-order valence-electron chi connectivity index (χ2n) is 16.1. The summed E-state index contributed by atoms with van der Waals surface area (Å²) < 4.78 is 144. The van der Waals surface area contributed by atoms with Crippen LogP contribution in [0, 0.1) is 0 Å². The van der Waals surface area contributed by atoms with Gasteiger partial charge in [-0.25, -0.2) is 26.3 Å². The van der Waals surface area contributed by atoms with Gasteiger partial charge in [-0.2, -0.15) is 26.3 Å². The van der Waals surface area contributed by atoms with Gasteiger partial charge in [0.1, 0.15) is 0 Å². The Morgan fingerprint density at radius 3 is 0.969 bits per heavy atom. The third-order valence-corrected chi connectivity index (χ3v) is 13.4. The summed E-state index contributed by atoms with van der Waals surface area (Å²) in [4.78, 5) is -0.129. The quantitative estimate of drug-likeness (QED) is 0.0388. The van der Waals surface area contributed by atoms with Crippen LogP contribution in [-0.2, 0) is 45.2 Å². The summed E-state index contributed by atoms with van der Waals surface area (Å²) >= 11 is 0. The summed E-state index contributed by atoms with van der Waals surface area (Å²) in [6, 6.07) is 14.8. The number of sulfonamides is 2. The van der Waals surface area contributed by atoms with Crippen LogP contribution in [0.25, 0.3) is 0 Å². The SMILES string of the molecule is CCCCCCCCCCCCCc1c(C(F)(F)F)noc1NS(=O)(=O)c1ccccc1.CCCCCCCCCCCCCc1c(C(F)(F)F)noc1NS(=O)(=O)c1ccccc1. The minimum absolute atomic E-state index is 0.0437. The Morgan fingerprint density at radius 1 is 0.438 bits per heavy atom. The smallest absolute Gasteiger partial charge is 0.337 e. The Kier molecular flexibility index (Phi) is 23.8. The summed E-state index contributed by atoms with van der Waals surface area (Å²) in [5, 5.41) is 6.22. The Hall–Kier alpha value is -4.06. The summed E-state index contributed by atoms with van der Waals surface area (Å²) in [5.74, 6) is -0.929. The average molecular weight is 949 g/mol. The van der Waals surface area contributed by atoms with E-state index < -0.39 is 55.6 Å². The van der Waals surface area contributed by atoms with E-state index in [0.29, 0.717) is 12.8 Å². The number of benzene rings is 2. The molecule has 0 fully saturated rings. The zero-order valence-corrected chi connectivity index (χ0v) is 38.8. The molecule has 0 aliphatic rings. The van der Waals surface area contributed by atoms with Gasteiger partial charge in [0, 0.05) is 0 Å². The van der Waals surface area contributed by atoms with Crippen molar-refractivity contribution >= 4 is 31.8 Å². The van der Waals surface area contributed by atoms with E-state index in [2.05, 4.69) is 33.6 Å². The minimum Gasteiger partial charge on any atom is -0.337 e. The largest absolute Gasteiger partial charge is 0.437 e. The van der Waals surface area contributed by atoms with Crippen molar-refractivity contribution in [3.8, 4) is 0 Å². The molecule has 0 radical (unpaired) electrons. The molecule has 64 heavy (non-hydrogen) atoms. The lowest BCUT2D eigenvalue weighted by molar-refractivity contribution is -0.144. The number of anilines is 2. The first-order valence-corrected chi connectivity index (χ1v) is 25.7. The van der Waals surface area contributed by atoms with Crippen molar-refractivity contribution in [2.45, 2.75) is 190 Å². The fourth-order valence-corrected chi connectivity index (χ4v) is 9.26. The Bertz CT molecular complexity index is 1940. The summed E-state index contributed by atoms with van der Waals surface area (Å²) in [5.41, 5.74) is -2.83. The molecule has 2 heterocycles. The summed E-state index contributed by atoms with van der Waals surface area (Å²) in [6.45, 7) is 4.39. The lowest BCUT2D eigenvalue weighted by atomic mass is 10.0. The number of unbranched alkanes of at least 4 members (excludes halogenated alkanes) is 20. The van der Waals surface area contributed by atoms with Crippen molar-refractivity contribution in [2.75, 3.05) is 9.44 Å². The van der Waals surface area contributed by atoms with E-state index >= 15 is 0 Å². The fraction of sp³-hybridized carbons (Fsp3) is 0.609. The zero-order valence-electron chi connectivity index (χ0n) is 37.2. The molecule has 0 saturated carbocycles. The van der Waals surface area contributed by atoms with E-state index in [1.165, 1.54) is 126 Å². The standard InChI is InChI=1S/2C23H33F3N2O3S/c2*1-2-3-4-5-6-7-8-9-10-11-15-18-20-21(23(24,25)26)27-31-22(20)28-32(29,30)19-16-13-12-14-17-19/h2*12-14,16-17,28H,2-11,15,18H2,1H3. The summed E-state index contributed by atoms with van der Waals surface area (Å²) in [7, 11) is -8.15. The third-order valence-electron chi connectivity index (χ3n) is 10.7. The molecule has 0 bridgehead atoms. The van der Waals surface area contributed by atoms with Gasteiger partial charge in [-0.1, -0.05) is 189 Å². The molecule has 0 aliphatic heterocycles. The minimum atomic E-state index is -4.72. The molecule has 2 aromatic carbocycles. The van der Waals surface area contributed by atoms with Crippen LogP contribution in [0.4, 0.5) is 38.1 Å². The molecular formula is C46H66F6N4O6S2. The molecule has 18 heteroatoms. The lowest BCUT2D eigenvalue weighted by Crippen LogP contribution is -2.15. The van der Waals surface area contributed by atoms with Crippen molar-refractivity contribution in [2.24, 2.45) is 0 Å². The van der Waals surface area contributed by atoms with Crippen molar-refractivity contribution in [1.29, 1.82) is 0 Å². The van der Waals surface area contributed by atoms with E-state index in [-0.39, 0.29) is 33.8 Å². The van der Waals surface area contributed by atoms with Gasteiger partial charge in [0.25, 0.3) is 20.0 Å². The number of halogens is 6. The van der Waals surface area contributed by atoms with E-state index in [0.717, 1.165) is 51.4 Å². The maximum Gasteiger partial charge on any atom is 0.437 e.